The Bertz CT molecular complexity index is 1330. The fourth-order valence-electron chi connectivity index (χ4n) is 3.64. The summed E-state index contributed by atoms with van der Waals surface area (Å²) in [5, 5.41) is 9.72. The Balaban J connectivity index is 1.62. The zero-order valence-electron chi connectivity index (χ0n) is 16.8. The highest BCUT2D eigenvalue weighted by molar-refractivity contribution is 6.35. The molecule has 0 radical (unpaired) electrons. The van der Waals surface area contributed by atoms with Gasteiger partial charge in [0.15, 0.2) is 17.3 Å². The van der Waals surface area contributed by atoms with Crippen LogP contribution in [0.15, 0.2) is 24.8 Å². The average Bonchev–Trinajstić information content (AvgIpc) is 3.36. The number of imidazole rings is 1. The number of nitrogens with zero attached hydrogens (tertiary/aromatic N) is 4. The largest absolute Gasteiger partial charge is 0.309 e. The number of alkyl halides is 1. The highest BCUT2D eigenvalue weighted by Crippen LogP contribution is 2.42. The number of hydrogen-bond acceptors (Lipinski definition) is 4. The number of nitrogens with one attached hydrogen (secondary N) is 2. The maximum Gasteiger partial charge on any atom is 0.228 e. The molecule has 160 valence electrons. The SMILES string of the molecule is CC(C)C(F)c1c(F)c(Cl)c(-c2cn3cc(NC(=O)C4CC4)nc3cn2)c2cn[nH]c12. The summed E-state index contributed by atoms with van der Waals surface area (Å²) in [6.45, 7) is 3.34. The normalized spacial score (nSPS) is 15.2. The molecule has 1 aromatic carbocycles. The second-order valence-electron chi connectivity index (χ2n) is 8.15. The minimum atomic E-state index is -1.55. The Hall–Kier alpha value is -3.07. The standard InChI is InChI=1S/C21H19ClF2N6O/c1-9(2)18(23)16-19(24)17(22)15(11-5-26-29-20(11)16)12-7-30-8-13(27-14(30)6-25-12)28-21(31)10-3-4-10/h5-10,18H,3-4H2,1-2H3,(H,26,29)(H,28,31). The highest BCUT2D eigenvalue weighted by Gasteiger charge is 2.30. The predicted octanol–water partition coefficient (Wildman–Crippen LogP) is 5.08. The van der Waals surface area contributed by atoms with E-state index in [-0.39, 0.29) is 27.9 Å². The van der Waals surface area contributed by atoms with Crippen molar-refractivity contribution in [3.8, 4) is 11.3 Å². The van der Waals surface area contributed by atoms with Crippen molar-refractivity contribution in [3.63, 3.8) is 0 Å². The molecule has 1 aliphatic carbocycles. The second-order valence-corrected chi connectivity index (χ2v) is 8.53. The van der Waals surface area contributed by atoms with Gasteiger partial charge in [-0.05, 0) is 18.8 Å². The van der Waals surface area contributed by atoms with Crippen molar-refractivity contribution in [2.75, 3.05) is 5.32 Å². The molecule has 7 nitrogen and oxygen atoms in total. The number of aromatic amines is 1. The van der Waals surface area contributed by atoms with E-state index in [0.29, 0.717) is 28.1 Å². The second kappa shape index (κ2) is 7.26. The summed E-state index contributed by atoms with van der Waals surface area (Å²) < 4.78 is 31.7. The van der Waals surface area contributed by atoms with E-state index in [1.807, 2.05) is 0 Å². The van der Waals surface area contributed by atoms with Gasteiger partial charge in [-0.2, -0.15) is 5.10 Å². The van der Waals surface area contributed by atoms with Crippen LogP contribution < -0.4 is 5.32 Å². The third-order valence-electron chi connectivity index (χ3n) is 5.48. The third kappa shape index (κ3) is 3.33. The Morgan fingerprint density at radius 2 is 2.10 bits per heavy atom. The molecular weight excluding hydrogens is 426 g/mol. The van der Waals surface area contributed by atoms with E-state index < -0.39 is 17.9 Å². The van der Waals surface area contributed by atoms with Gasteiger partial charge in [-0.15, -0.1) is 0 Å². The smallest absolute Gasteiger partial charge is 0.228 e. The monoisotopic (exact) mass is 444 g/mol. The molecule has 3 heterocycles. The number of fused-ring (bicyclic) bond motifs is 2. The van der Waals surface area contributed by atoms with Crippen LogP contribution in [0.1, 0.15) is 38.4 Å². The van der Waals surface area contributed by atoms with Crippen molar-refractivity contribution >= 4 is 39.9 Å². The molecule has 10 heteroatoms. The lowest BCUT2D eigenvalue weighted by molar-refractivity contribution is -0.117. The Labute approximate surface area is 180 Å². The number of hydrogen-bond donors (Lipinski definition) is 2. The molecule has 1 atom stereocenters. The number of carbonyl (C=O) groups is 1. The first-order valence-electron chi connectivity index (χ1n) is 9.99. The van der Waals surface area contributed by atoms with Crippen molar-refractivity contribution in [2.45, 2.75) is 32.9 Å². The maximum atomic E-state index is 15.2. The van der Waals surface area contributed by atoms with Crippen LogP contribution in [0, 0.1) is 17.7 Å². The summed E-state index contributed by atoms with van der Waals surface area (Å²) >= 11 is 6.38. The van der Waals surface area contributed by atoms with Gasteiger partial charge in [0.1, 0.15) is 6.17 Å². The summed E-state index contributed by atoms with van der Waals surface area (Å²) in [6.07, 6.45) is 6.51. The molecule has 0 spiro atoms. The van der Waals surface area contributed by atoms with E-state index in [4.69, 9.17) is 11.6 Å². The predicted molar refractivity (Wildman–Crippen MR) is 113 cm³/mol. The number of amides is 1. The lowest BCUT2D eigenvalue weighted by Gasteiger charge is -2.17. The van der Waals surface area contributed by atoms with Gasteiger partial charge >= 0.3 is 0 Å². The van der Waals surface area contributed by atoms with Crippen LogP contribution in [0.3, 0.4) is 0 Å². The molecule has 0 saturated heterocycles. The summed E-state index contributed by atoms with van der Waals surface area (Å²) in [6, 6.07) is 0. The number of rotatable bonds is 5. The minimum absolute atomic E-state index is 0.0525. The van der Waals surface area contributed by atoms with Crippen LogP contribution in [-0.2, 0) is 4.79 Å². The van der Waals surface area contributed by atoms with Crippen LogP contribution >= 0.6 is 11.6 Å². The molecular formula is C21H19ClF2N6O. The zero-order valence-corrected chi connectivity index (χ0v) is 17.5. The van der Waals surface area contributed by atoms with Crippen molar-refractivity contribution in [3.05, 3.63) is 41.2 Å². The summed E-state index contributed by atoms with van der Waals surface area (Å²) in [5.41, 5.74) is 1.30. The molecule has 1 amide bonds. The Kier molecular flexibility index (Phi) is 4.65. The van der Waals surface area contributed by atoms with E-state index in [1.54, 1.807) is 30.6 Å². The van der Waals surface area contributed by atoms with Crippen molar-refractivity contribution < 1.29 is 13.6 Å². The average molecular weight is 445 g/mol. The molecule has 0 bridgehead atoms. The number of aromatic nitrogens is 5. The van der Waals surface area contributed by atoms with Gasteiger partial charge in [0.2, 0.25) is 5.91 Å². The van der Waals surface area contributed by atoms with E-state index in [2.05, 4.69) is 25.5 Å². The van der Waals surface area contributed by atoms with Gasteiger partial charge in [0, 0.05) is 28.6 Å². The molecule has 1 aliphatic rings. The quantitative estimate of drug-likeness (QED) is 0.449. The maximum absolute atomic E-state index is 15.2. The summed E-state index contributed by atoms with van der Waals surface area (Å²) in [4.78, 5) is 20.7. The Morgan fingerprint density at radius 3 is 2.81 bits per heavy atom. The molecule has 5 rings (SSSR count). The van der Waals surface area contributed by atoms with Crippen LogP contribution in [0.5, 0.6) is 0 Å². The first kappa shape index (κ1) is 19.9. The van der Waals surface area contributed by atoms with Crippen molar-refractivity contribution in [1.29, 1.82) is 0 Å². The van der Waals surface area contributed by atoms with E-state index in [1.165, 1.54) is 12.4 Å². The van der Waals surface area contributed by atoms with Gasteiger partial charge in [0.25, 0.3) is 0 Å². The van der Waals surface area contributed by atoms with E-state index >= 15 is 4.39 Å². The summed E-state index contributed by atoms with van der Waals surface area (Å²) in [5.74, 6) is -0.858. The minimum Gasteiger partial charge on any atom is -0.309 e. The van der Waals surface area contributed by atoms with Crippen molar-refractivity contribution in [1.82, 2.24) is 24.6 Å². The molecule has 31 heavy (non-hydrogen) atoms. The summed E-state index contributed by atoms with van der Waals surface area (Å²) in [7, 11) is 0. The molecule has 3 aromatic heterocycles. The first-order valence-corrected chi connectivity index (χ1v) is 10.4. The number of H-pyrrole nitrogens is 1. The molecule has 1 saturated carbocycles. The number of halogens is 3. The molecule has 0 aliphatic heterocycles. The molecule has 1 unspecified atom stereocenters. The topological polar surface area (TPSA) is 88.0 Å². The van der Waals surface area contributed by atoms with Gasteiger partial charge < -0.3 is 9.72 Å². The van der Waals surface area contributed by atoms with Crippen LogP contribution in [0.2, 0.25) is 5.02 Å². The fourth-order valence-corrected chi connectivity index (χ4v) is 3.94. The molecule has 4 aromatic rings. The number of carbonyl (C=O) groups excluding carboxylic acids is 1. The van der Waals surface area contributed by atoms with Gasteiger partial charge in [-0.3, -0.25) is 14.9 Å². The van der Waals surface area contributed by atoms with Crippen LogP contribution in [0.4, 0.5) is 14.6 Å². The van der Waals surface area contributed by atoms with Crippen LogP contribution in [-0.4, -0.2) is 30.5 Å². The van der Waals surface area contributed by atoms with Gasteiger partial charge in [0.05, 0.1) is 34.8 Å². The molecule has 1 fully saturated rings. The number of benzene rings is 1. The lowest BCUT2D eigenvalue weighted by atomic mass is 9.95. The van der Waals surface area contributed by atoms with E-state index in [0.717, 1.165) is 12.8 Å². The first-order chi connectivity index (χ1) is 14.8. The Morgan fingerprint density at radius 1 is 1.32 bits per heavy atom. The highest BCUT2D eigenvalue weighted by atomic mass is 35.5. The lowest BCUT2D eigenvalue weighted by Crippen LogP contribution is -2.13. The third-order valence-corrected chi connectivity index (χ3v) is 5.84. The fraction of sp³-hybridized carbons (Fsp3) is 0.333. The van der Waals surface area contributed by atoms with E-state index in [9.17, 15) is 9.18 Å². The van der Waals surface area contributed by atoms with Crippen LogP contribution in [0.25, 0.3) is 27.8 Å². The zero-order chi connectivity index (χ0) is 21.9. The van der Waals surface area contributed by atoms with Gasteiger partial charge in [-0.1, -0.05) is 25.4 Å². The van der Waals surface area contributed by atoms with Crippen molar-refractivity contribution in [2.24, 2.45) is 11.8 Å². The number of anilines is 1. The van der Waals surface area contributed by atoms with Gasteiger partial charge in [-0.25, -0.2) is 13.8 Å². The molecule has 2 N–H and O–H groups in total.